The molecule has 19 heavy (non-hydrogen) atoms. The smallest absolute Gasteiger partial charge is 0.0991 e. The highest BCUT2D eigenvalue weighted by Crippen LogP contribution is 2.21. The summed E-state index contributed by atoms with van der Waals surface area (Å²) in [4.78, 5) is 0. The second-order valence-electron chi connectivity index (χ2n) is 4.57. The van der Waals surface area contributed by atoms with Gasteiger partial charge in [0.2, 0.25) is 0 Å². The van der Waals surface area contributed by atoms with E-state index in [0.717, 1.165) is 28.4 Å². The van der Waals surface area contributed by atoms with Gasteiger partial charge in [-0.3, -0.25) is 0 Å². The van der Waals surface area contributed by atoms with Gasteiger partial charge >= 0.3 is 0 Å². The van der Waals surface area contributed by atoms with Gasteiger partial charge in [-0.15, -0.1) is 0 Å². The van der Waals surface area contributed by atoms with Crippen molar-refractivity contribution in [3.05, 3.63) is 63.7 Å². The van der Waals surface area contributed by atoms with Crippen LogP contribution in [0.25, 0.3) is 0 Å². The number of nitriles is 1. The number of aryl methyl sites for hydroxylation is 2. The third-order valence-corrected chi connectivity index (χ3v) is 3.53. The highest BCUT2D eigenvalue weighted by atomic mass is 35.5. The molecule has 0 bridgehead atoms. The van der Waals surface area contributed by atoms with Crippen molar-refractivity contribution in [3.8, 4) is 6.07 Å². The monoisotopic (exact) mass is 270 g/mol. The summed E-state index contributed by atoms with van der Waals surface area (Å²) in [6, 6.07) is 13.8. The van der Waals surface area contributed by atoms with Gasteiger partial charge in [-0.2, -0.15) is 5.26 Å². The zero-order valence-electron chi connectivity index (χ0n) is 11.0. The lowest BCUT2D eigenvalue weighted by Gasteiger charge is -2.10. The maximum absolute atomic E-state index is 8.84. The van der Waals surface area contributed by atoms with Crippen molar-refractivity contribution in [2.24, 2.45) is 0 Å². The van der Waals surface area contributed by atoms with Crippen molar-refractivity contribution in [1.82, 2.24) is 0 Å². The fourth-order valence-corrected chi connectivity index (χ4v) is 2.04. The van der Waals surface area contributed by atoms with E-state index in [1.165, 1.54) is 5.56 Å². The van der Waals surface area contributed by atoms with Crippen LogP contribution in [0.2, 0.25) is 5.02 Å². The highest BCUT2D eigenvalue weighted by molar-refractivity contribution is 6.31. The molecule has 2 nitrogen and oxygen atoms in total. The molecule has 0 spiro atoms. The lowest BCUT2D eigenvalue weighted by Crippen LogP contribution is -2.01. The van der Waals surface area contributed by atoms with E-state index in [-0.39, 0.29) is 0 Å². The Morgan fingerprint density at radius 3 is 2.53 bits per heavy atom. The standard InChI is InChI=1S/C16H15ClN2/c1-11-3-6-15(8-16(11)17)19-10-14-5-4-13(9-18)7-12(14)2/h3-8,19H,10H2,1-2H3. The number of nitrogens with zero attached hydrogens (tertiary/aromatic N) is 1. The predicted molar refractivity (Wildman–Crippen MR) is 79.4 cm³/mol. The maximum Gasteiger partial charge on any atom is 0.0991 e. The molecule has 96 valence electrons. The molecular formula is C16H15ClN2. The average Bonchev–Trinajstić information content (AvgIpc) is 2.41. The van der Waals surface area contributed by atoms with Crippen LogP contribution in [0.15, 0.2) is 36.4 Å². The molecule has 0 heterocycles. The molecule has 2 aromatic carbocycles. The Hall–Kier alpha value is -1.98. The Bertz CT molecular complexity index is 642. The van der Waals surface area contributed by atoms with E-state index in [4.69, 9.17) is 16.9 Å². The van der Waals surface area contributed by atoms with Crippen LogP contribution in [0.3, 0.4) is 0 Å². The van der Waals surface area contributed by atoms with Gasteiger partial charge in [0, 0.05) is 17.3 Å². The van der Waals surface area contributed by atoms with Crippen LogP contribution in [0, 0.1) is 25.2 Å². The number of nitrogens with one attached hydrogen (secondary N) is 1. The molecular weight excluding hydrogens is 256 g/mol. The SMILES string of the molecule is Cc1ccc(NCc2ccc(C#N)cc2C)cc1Cl. The van der Waals surface area contributed by atoms with E-state index in [2.05, 4.69) is 11.4 Å². The number of halogens is 1. The maximum atomic E-state index is 8.84. The molecule has 0 unspecified atom stereocenters. The van der Waals surface area contributed by atoms with Gasteiger partial charge in [-0.05, 0) is 54.8 Å². The quantitative estimate of drug-likeness (QED) is 0.895. The molecule has 0 aromatic heterocycles. The summed E-state index contributed by atoms with van der Waals surface area (Å²) in [7, 11) is 0. The van der Waals surface area contributed by atoms with Crippen LogP contribution < -0.4 is 5.32 Å². The second-order valence-corrected chi connectivity index (χ2v) is 4.98. The fourth-order valence-electron chi connectivity index (χ4n) is 1.86. The zero-order valence-corrected chi connectivity index (χ0v) is 11.8. The number of anilines is 1. The molecule has 0 fully saturated rings. The van der Waals surface area contributed by atoms with Crippen LogP contribution in [-0.4, -0.2) is 0 Å². The van der Waals surface area contributed by atoms with E-state index in [9.17, 15) is 0 Å². The molecule has 0 atom stereocenters. The van der Waals surface area contributed by atoms with Gasteiger partial charge in [0.1, 0.15) is 0 Å². The minimum atomic E-state index is 0.694. The lowest BCUT2D eigenvalue weighted by molar-refractivity contribution is 1.12. The van der Waals surface area contributed by atoms with E-state index in [1.807, 2.05) is 50.2 Å². The van der Waals surface area contributed by atoms with Gasteiger partial charge in [-0.25, -0.2) is 0 Å². The Morgan fingerprint density at radius 1 is 1.11 bits per heavy atom. The van der Waals surface area contributed by atoms with Crippen molar-refractivity contribution in [2.45, 2.75) is 20.4 Å². The first-order chi connectivity index (χ1) is 9.10. The van der Waals surface area contributed by atoms with E-state index < -0.39 is 0 Å². The Kier molecular flexibility index (Phi) is 4.09. The molecule has 0 aliphatic carbocycles. The van der Waals surface area contributed by atoms with Crippen LogP contribution >= 0.6 is 11.6 Å². The summed E-state index contributed by atoms with van der Waals surface area (Å²) in [5.41, 5.74) is 5.06. The highest BCUT2D eigenvalue weighted by Gasteiger charge is 2.01. The summed E-state index contributed by atoms with van der Waals surface area (Å²) in [5, 5.41) is 12.9. The minimum Gasteiger partial charge on any atom is -0.381 e. The summed E-state index contributed by atoms with van der Waals surface area (Å²) >= 11 is 6.09. The summed E-state index contributed by atoms with van der Waals surface area (Å²) in [5.74, 6) is 0. The largest absolute Gasteiger partial charge is 0.381 e. The first-order valence-corrected chi connectivity index (χ1v) is 6.47. The van der Waals surface area contributed by atoms with Gasteiger partial charge in [-0.1, -0.05) is 23.7 Å². The minimum absolute atomic E-state index is 0.694. The van der Waals surface area contributed by atoms with Gasteiger partial charge in [0.05, 0.1) is 11.6 Å². The number of benzene rings is 2. The molecule has 0 aliphatic heterocycles. The van der Waals surface area contributed by atoms with E-state index in [1.54, 1.807) is 0 Å². The average molecular weight is 271 g/mol. The summed E-state index contributed by atoms with van der Waals surface area (Å²) < 4.78 is 0. The second kappa shape index (κ2) is 5.77. The first-order valence-electron chi connectivity index (χ1n) is 6.10. The van der Waals surface area contributed by atoms with E-state index in [0.29, 0.717) is 5.56 Å². The molecule has 2 rings (SSSR count). The third-order valence-electron chi connectivity index (χ3n) is 3.13. The van der Waals surface area contributed by atoms with Gasteiger partial charge in [0.15, 0.2) is 0 Å². The van der Waals surface area contributed by atoms with Crippen molar-refractivity contribution in [2.75, 3.05) is 5.32 Å². The predicted octanol–water partition coefficient (Wildman–Crippen LogP) is 4.44. The van der Waals surface area contributed by atoms with Crippen molar-refractivity contribution >= 4 is 17.3 Å². The number of hydrogen-bond donors (Lipinski definition) is 1. The number of rotatable bonds is 3. The summed E-state index contributed by atoms with van der Waals surface area (Å²) in [6.07, 6.45) is 0. The van der Waals surface area contributed by atoms with Crippen molar-refractivity contribution in [3.63, 3.8) is 0 Å². The van der Waals surface area contributed by atoms with Gasteiger partial charge < -0.3 is 5.32 Å². The fraction of sp³-hybridized carbons (Fsp3) is 0.188. The van der Waals surface area contributed by atoms with Crippen LogP contribution in [0.1, 0.15) is 22.3 Å². The Balaban J connectivity index is 2.10. The van der Waals surface area contributed by atoms with Crippen LogP contribution in [0.5, 0.6) is 0 Å². The molecule has 3 heteroatoms. The van der Waals surface area contributed by atoms with E-state index >= 15 is 0 Å². The molecule has 0 radical (unpaired) electrons. The van der Waals surface area contributed by atoms with Crippen LogP contribution in [0.4, 0.5) is 5.69 Å². The summed E-state index contributed by atoms with van der Waals surface area (Å²) in [6.45, 7) is 4.72. The van der Waals surface area contributed by atoms with Gasteiger partial charge in [0.25, 0.3) is 0 Å². The first kappa shape index (κ1) is 13.5. The number of hydrogen-bond acceptors (Lipinski definition) is 2. The zero-order chi connectivity index (χ0) is 13.8. The topological polar surface area (TPSA) is 35.8 Å². The molecule has 0 amide bonds. The van der Waals surface area contributed by atoms with Crippen LogP contribution in [-0.2, 0) is 6.54 Å². The molecule has 0 saturated carbocycles. The molecule has 0 aliphatic rings. The molecule has 1 N–H and O–H groups in total. The Labute approximate surface area is 118 Å². The normalized spacial score (nSPS) is 10.0. The Morgan fingerprint density at radius 2 is 1.89 bits per heavy atom. The lowest BCUT2D eigenvalue weighted by atomic mass is 10.1. The third kappa shape index (κ3) is 3.27. The van der Waals surface area contributed by atoms with Crippen molar-refractivity contribution < 1.29 is 0 Å². The molecule has 0 saturated heterocycles. The van der Waals surface area contributed by atoms with Crippen molar-refractivity contribution in [1.29, 1.82) is 5.26 Å². The molecule has 2 aromatic rings.